The standard InChI is InChI=1S/C16H19NO4S/c1-12-8-14(10-15(18)9-12)17(22(2,20)21)11-16(19)13-6-4-3-5-7-13/h3-7,10,12H,8-9,11H2,1-2H3. The molecule has 0 bridgehead atoms. The van der Waals surface area contributed by atoms with Crippen LogP contribution in [0.4, 0.5) is 0 Å². The van der Waals surface area contributed by atoms with Gasteiger partial charge in [-0.2, -0.15) is 0 Å². The van der Waals surface area contributed by atoms with E-state index < -0.39 is 10.0 Å². The molecular formula is C16H19NO4S. The third-order valence-corrected chi connectivity index (χ3v) is 4.70. The molecule has 0 spiro atoms. The lowest BCUT2D eigenvalue weighted by molar-refractivity contribution is -0.115. The fourth-order valence-electron chi connectivity index (χ4n) is 2.53. The summed E-state index contributed by atoms with van der Waals surface area (Å²) in [6, 6.07) is 8.53. The van der Waals surface area contributed by atoms with Crippen molar-refractivity contribution in [1.29, 1.82) is 0 Å². The number of allylic oxidation sites excluding steroid dienone is 2. The molecule has 6 heteroatoms. The monoisotopic (exact) mass is 321 g/mol. The van der Waals surface area contributed by atoms with Gasteiger partial charge in [-0.05, 0) is 12.3 Å². The van der Waals surface area contributed by atoms with Gasteiger partial charge in [0, 0.05) is 23.8 Å². The Morgan fingerprint density at radius 3 is 2.41 bits per heavy atom. The minimum atomic E-state index is -3.62. The van der Waals surface area contributed by atoms with E-state index in [1.807, 2.05) is 6.92 Å². The van der Waals surface area contributed by atoms with Crippen LogP contribution in [-0.4, -0.2) is 37.1 Å². The van der Waals surface area contributed by atoms with Gasteiger partial charge >= 0.3 is 0 Å². The van der Waals surface area contributed by atoms with Crippen molar-refractivity contribution < 1.29 is 18.0 Å². The smallest absolute Gasteiger partial charge is 0.232 e. The quantitative estimate of drug-likeness (QED) is 0.778. The molecule has 2 rings (SSSR count). The molecule has 0 amide bonds. The molecule has 0 aliphatic heterocycles. The summed E-state index contributed by atoms with van der Waals surface area (Å²) in [6.07, 6.45) is 3.28. The van der Waals surface area contributed by atoms with E-state index in [9.17, 15) is 18.0 Å². The Kier molecular flexibility index (Phi) is 4.81. The number of sulfonamides is 1. The van der Waals surface area contributed by atoms with E-state index in [0.717, 1.165) is 10.6 Å². The van der Waals surface area contributed by atoms with E-state index >= 15 is 0 Å². The number of nitrogens with zero attached hydrogens (tertiary/aromatic N) is 1. The second-order valence-corrected chi connectivity index (χ2v) is 7.58. The van der Waals surface area contributed by atoms with E-state index in [1.165, 1.54) is 6.08 Å². The minimum Gasteiger partial charge on any atom is -0.295 e. The predicted octanol–water partition coefficient (Wildman–Crippen LogP) is 2.01. The molecule has 1 atom stereocenters. The molecule has 118 valence electrons. The molecule has 0 heterocycles. The van der Waals surface area contributed by atoms with Crippen molar-refractivity contribution in [3.05, 3.63) is 47.7 Å². The Morgan fingerprint density at radius 1 is 1.23 bits per heavy atom. The minimum absolute atomic E-state index is 0.0728. The first-order valence-corrected chi connectivity index (χ1v) is 8.91. The van der Waals surface area contributed by atoms with Gasteiger partial charge in [0.2, 0.25) is 10.0 Å². The van der Waals surface area contributed by atoms with Crippen LogP contribution in [0, 0.1) is 5.92 Å². The largest absolute Gasteiger partial charge is 0.295 e. The van der Waals surface area contributed by atoms with Crippen LogP contribution in [0.25, 0.3) is 0 Å². The maximum atomic E-state index is 12.3. The number of hydrogen-bond donors (Lipinski definition) is 0. The van der Waals surface area contributed by atoms with Gasteiger partial charge in [0.05, 0.1) is 12.8 Å². The molecular weight excluding hydrogens is 302 g/mol. The number of hydrogen-bond acceptors (Lipinski definition) is 4. The van der Waals surface area contributed by atoms with Gasteiger partial charge < -0.3 is 0 Å². The summed E-state index contributed by atoms with van der Waals surface area (Å²) in [5, 5.41) is 0. The van der Waals surface area contributed by atoms with Gasteiger partial charge in [0.1, 0.15) is 0 Å². The van der Waals surface area contributed by atoms with Crippen molar-refractivity contribution >= 4 is 21.6 Å². The normalized spacial score (nSPS) is 18.7. The Balaban J connectivity index is 2.29. The van der Waals surface area contributed by atoms with Crippen LogP contribution in [0.3, 0.4) is 0 Å². The molecule has 1 aromatic carbocycles. The summed E-state index contributed by atoms with van der Waals surface area (Å²) in [7, 11) is -3.62. The van der Waals surface area contributed by atoms with Gasteiger partial charge in [-0.1, -0.05) is 37.3 Å². The maximum Gasteiger partial charge on any atom is 0.232 e. The van der Waals surface area contributed by atoms with Crippen LogP contribution in [-0.2, 0) is 14.8 Å². The second kappa shape index (κ2) is 6.44. The van der Waals surface area contributed by atoms with Gasteiger partial charge in [0.25, 0.3) is 0 Å². The van der Waals surface area contributed by atoms with E-state index in [4.69, 9.17) is 0 Å². The fourth-order valence-corrected chi connectivity index (χ4v) is 3.43. The molecule has 5 nitrogen and oxygen atoms in total. The summed E-state index contributed by atoms with van der Waals surface area (Å²) in [5.41, 5.74) is 0.850. The van der Waals surface area contributed by atoms with Gasteiger partial charge in [0.15, 0.2) is 11.6 Å². The van der Waals surface area contributed by atoms with Crippen LogP contribution in [0.15, 0.2) is 42.1 Å². The molecule has 0 aromatic heterocycles. The SMILES string of the molecule is CC1CC(=O)C=C(N(CC(=O)c2ccccc2)S(C)(=O)=O)C1. The lowest BCUT2D eigenvalue weighted by Crippen LogP contribution is -2.36. The van der Waals surface area contributed by atoms with E-state index in [1.54, 1.807) is 30.3 Å². The molecule has 1 unspecified atom stereocenters. The van der Waals surface area contributed by atoms with Crippen molar-refractivity contribution in [2.75, 3.05) is 12.8 Å². The Labute approximate surface area is 130 Å². The molecule has 0 fully saturated rings. The zero-order chi connectivity index (χ0) is 16.3. The third kappa shape index (κ3) is 4.04. The van der Waals surface area contributed by atoms with Crippen molar-refractivity contribution in [3.63, 3.8) is 0 Å². The molecule has 1 aromatic rings. The number of ketones is 2. The van der Waals surface area contributed by atoms with E-state index in [0.29, 0.717) is 24.1 Å². The predicted molar refractivity (Wildman–Crippen MR) is 83.8 cm³/mol. The first kappa shape index (κ1) is 16.4. The van der Waals surface area contributed by atoms with Gasteiger partial charge in [-0.15, -0.1) is 0 Å². The zero-order valence-corrected chi connectivity index (χ0v) is 13.5. The first-order valence-electron chi connectivity index (χ1n) is 7.06. The second-order valence-electron chi connectivity index (χ2n) is 5.67. The highest BCUT2D eigenvalue weighted by atomic mass is 32.2. The van der Waals surface area contributed by atoms with Crippen molar-refractivity contribution in [2.45, 2.75) is 19.8 Å². The van der Waals surface area contributed by atoms with E-state index in [2.05, 4.69) is 0 Å². The molecule has 0 saturated carbocycles. The van der Waals surface area contributed by atoms with Crippen molar-refractivity contribution in [3.8, 4) is 0 Å². The molecule has 0 radical (unpaired) electrons. The number of benzene rings is 1. The number of carbonyl (C=O) groups is 2. The van der Waals surface area contributed by atoms with Crippen LogP contribution >= 0.6 is 0 Å². The lowest BCUT2D eigenvalue weighted by atomic mass is 9.93. The van der Waals surface area contributed by atoms with E-state index in [-0.39, 0.29) is 24.0 Å². The molecule has 1 aliphatic rings. The lowest BCUT2D eigenvalue weighted by Gasteiger charge is -2.28. The summed E-state index contributed by atoms with van der Waals surface area (Å²) in [5.74, 6) is -0.323. The summed E-state index contributed by atoms with van der Waals surface area (Å²) >= 11 is 0. The fraction of sp³-hybridized carbons (Fsp3) is 0.375. The van der Waals surface area contributed by atoms with Crippen molar-refractivity contribution in [1.82, 2.24) is 4.31 Å². The molecule has 1 aliphatic carbocycles. The Morgan fingerprint density at radius 2 is 1.86 bits per heavy atom. The summed E-state index contributed by atoms with van der Waals surface area (Å²) < 4.78 is 25.1. The van der Waals surface area contributed by atoms with Crippen LogP contribution in [0.1, 0.15) is 30.1 Å². The third-order valence-electron chi connectivity index (χ3n) is 3.54. The average molecular weight is 321 g/mol. The first-order chi connectivity index (χ1) is 10.3. The Hall–Kier alpha value is -1.95. The molecule has 22 heavy (non-hydrogen) atoms. The summed E-state index contributed by atoms with van der Waals surface area (Å²) in [6.45, 7) is 1.61. The zero-order valence-electron chi connectivity index (χ0n) is 12.7. The summed E-state index contributed by atoms with van der Waals surface area (Å²) in [4.78, 5) is 24.0. The van der Waals surface area contributed by atoms with Crippen LogP contribution in [0.2, 0.25) is 0 Å². The van der Waals surface area contributed by atoms with Crippen LogP contribution in [0.5, 0.6) is 0 Å². The van der Waals surface area contributed by atoms with Crippen LogP contribution < -0.4 is 0 Å². The Bertz CT molecular complexity index is 707. The average Bonchev–Trinajstić information content (AvgIpc) is 2.43. The highest BCUT2D eigenvalue weighted by molar-refractivity contribution is 7.88. The van der Waals surface area contributed by atoms with Crippen molar-refractivity contribution in [2.24, 2.45) is 5.92 Å². The molecule has 0 N–H and O–H groups in total. The van der Waals surface area contributed by atoms with Gasteiger partial charge in [-0.25, -0.2) is 8.42 Å². The highest BCUT2D eigenvalue weighted by Gasteiger charge is 2.28. The number of Topliss-reactive ketones (excluding diaryl/α,β-unsaturated/α-hetero) is 1. The molecule has 0 saturated heterocycles. The highest BCUT2D eigenvalue weighted by Crippen LogP contribution is 2.26. The topological polar surface area (TPSA) is 71.5 Å². The number of carbonyl (C=O) groups excluding carboxylic acids is 2. The van der Waals surface area contributed by atoms with Gasteiger partial charge in [-0.3, -0.25) is 13.9 Å². The number of rotatable bonds is 5. The maximum absolute atomic E-state index is 12.3.